The molecule has 25 heavy (non-hydrogen) atoms. The number of fused-ring (bicyclic) bond motifs is 1. The van der Waals surface area contributed by atoms with Gasteiger partial charge in [-0.05, 0) is 43.0 Å². The Balaban J connectivity index is 1.57. The van der Waals surface area contributed by atoms with E-state index in [-0.39, 0.29) is 11.6 Å². The number of carbonyl (C=O) groups is 1. The number of imidazole rings is 1. The van der Waals surface area contributed by atoms with Gasteiger partial charge < -0.3 is 14.9 Å². The van der Waals surface area contributed by atoms with Crippen LogP contribution in [0.5, 0.6) is 0 Å². The van der Waals surface area contributed by atoms with Crippen molar-refractivity contribution in [2.45, 2.75) is 32.1 Å². The van der Waals surface area contributed by atoms with Gasteiger partial charge in [0.15, 0.2) is 0 Å². The van der Waals surface area contributed by atoms with Crippen LogP contribution in [-0.2, 0) is 6.42 Å². The van der Waals surface area contributed by atoms with Crippen molar-refractivity contribution in [2.75, 3.05) is 13.1 Å². The van der Waals surface area contributed by atoms with Gasteiger partial charge in [-0.2, -0.15) is 5.10 Å². The molecule has 2 aromatic heterocycles. The second-order valence-electron chi connectivity index (χ2n) is 6.59. The first-order valence-electron chi connectivity index (χ1n) is 8.69. The molecule has 0 aliphatic carbocycles. The van der Waals surface area contributed by atoms with Gasteiger partial charge in [-0.3, -0.25) is 9.89 Å². The Bertz CT molecular complexity index is 967. The maximum absolute atomic E-state index is 12.9. The molecule has 0 saturated carbocycles. The van der Waals surface area contributed by atoms with E-state index in [4.69, 9.17) is 0 Å². The second-order valence-corrected chi connectivity index (χ2v) is 6.59. The largest absolute Gasteiger partial charge is 0.338 e. The molecule has 0 radical (unpaired) electrons. The van der Waals surface area contributed by atoms with Crippen molar-refractivity contribution in [3.8, 4) is 0 Å². The van der Waals surface area contributed by atoms with Crippen LogP contribution >= 0.6 is 0 Å². The van der Waals surface area contributed by atoms with Crippen molar-refractivity contribution >= 4 is 16.9 Å². The van der Waals surface area contributed by atoms with Crippen molar-refractivity contribution in [1.82, 2.24) is 25.1 Å². The van der Waals surface area contributed by atoms with Crippen molar-refractivity contribution < 1.29 is 4.79 Å². The van der Waals surface area contributed by atoms with E-state index in [2.05, 4.69) is 27.1 Å². The number of nitrogens with zero attached hydrogens (tertiary/aromatic N) is 2. The van der Waals surface area contributed by atoms with Gasteiger partial charge in [0.2, 0.25) is 0 Å². The first-order valence-corrected chi connectivity index (χ1v) is 8.69. The van der Waals surface area contributed by atoms with Gasteiger partial charge in [0.05, 0.1) is 17.2 Å². The van der Waals surface area contributed by atoms with Crippen LogP contribution in [0.2, 0.25) is 0 Å². The summed E-state index contributed by atoms with van der Waals surface area (Å²) in [6.45, 7) is 3.56. The number of aromatic nitrogens is 4. The highest BCUT2D eigenvalue weighted by atomic mass is 16.2. The molecule has 1 saturated heterocycles. The van der Waals surface area contributed by atoms with Gasteiger partial charge in [0.25, 0.3) is 5.91 Å². The molecule has 1 atom stereocenters. The Morgan fingerprint density at radius 2 is 2.16 bits per heavy atom. The van der Waals surface area contributed by atoms with Crippen LogP contribution in [-0.4, -0.2) is 44.1 Å². The molecule has 1 aliphatic rings. The summed E-state index contributed by atoms with van der Waals surface area (Å²) >= 11 is 0. The van der Waals surface area contributed by atoms with Gasteiger partial charge in [-0.25, -0.2) is 4.79 Å². The molecule has 4 rings (SSSR count). The van der Waals surface area contributed by atoms with Crippen molar-refractivity contribution in [3.63, 3.8) is 0 Å². The quantitative estimate of drug-likeness (QED) is 0.682. The average Bonchev–Trinajstić information content (AvgIpc) is 3.25. The van der Waals surface area contributed by atoms with Crippen LogP contribution in [0, 0.1) is 0 Å². The lowest BCUT2D eigenvalue weighted by Crippen LogP contribution is -2.39. The van der Waals surface area contributed by atoms with Gasteiger partial charge >= 0.3 is 5.69 Å². The number of likely N-dealkylation sites (tertiary alicyclic amines) is 1. The minimum absolute atomic E-state index is 0.00575. The Morgan fingerprint density at radius 1 is 1.32 bits per heavy atom. The summed E-state index contributed by atoms with van der Waals surface area (Å²) < 4.78 is 0. The molecule has 3 heterocycles. The van der Waals surface area contributed by atoms with Gasteiger partial charge in [0, 0.05) is 30.3 Å². The number of H-pyrrole nitrogens is 3. The summed E-state index contributed by atoms with van der Waals surface area (Å²) in [5, 5.41) is 7.29. The summed E-state index contributed by atoms with van der Waals surface area (Å²) in [4.78, 5) is 31.6. The molecule has 3 N–H and O–H groups in total. The normalized spacial score (nSPS) is 18.0. The number of hydrogen-bond donors (Lipinski definition) is 3. The Labute approximate surface area is 144 Å². The Kier molecular flexibility index (Phi) is 3.91. The fourth-order valence-electron chi connectivity index (χ4n) is 3.70. The van der Waals surface area contributed by atoms with Crippen LogP contribution in [0.15, 0.2) is 29.2 Å². The minimum Gasteiger partial charge on any atom is -0.338 e. The number of hydrogen-bond acceptors (Lipinski definition) is 3. The number of nitrogens with one attached hydrogen (secondary N) is 3. The molecular formula is C18H21N5O2. The third-order valence-corrected chi connectivity index (χ3v) is 5.01. The molecule has 3 aromatic rings. The highest BCUT2D eigenvalue weighted by molar-refractivity contribution is 5.97. The van der Waals surface area contributed by atoms with Crippen LogP contribution in [0.1, 0.15) is 47.3 Å². The van der Waals surface area contributed by atoms with E-state index in [9.17, 15) is 9.59 Å². The third-order valence-electron chi connectivity index (χ3n) is 5.01. The number of carbonyl (C=O) groups excluding carboxylic acids is 1. The van der Waals surface area contributed by atoms with E-state index < -0.39 is 0 Å². The summed E-state index contributed by atoms with van der Waals surface area (Å²) in [6, 6.07) is 5.28. The zero-order valence-electron chi connectivity index (χ0n) is 14.1. The lowest BCUT2D eigenvalue weighted by molar-refractivity contribution is 0.0705. The Morgan fingerprint density at radius 3 is 3.00 bits per heavy atom. The maximum atomic E-state index is 12.9. The highest BCUT2D eigenvalue weighted by Crippen LogP contribution is 2.29. The molecule has 7 nitrogen and oxygen atoms in total. The van der Waals surface area contributed by atoms with E-state index in [0.29, 0.717) is 29.1 Å². The fraction of sp³-hybridized carbons (Fsp3) is 0.389. The molecule has 0 spiro atoms. The van der Waals surface area contributed by atoms with Crippen LogP contribution in [0.25, 0.3) is 11.0 Å². The lowest BCUT2D eigenvalue weighted by Gasteiger charge is -2.32. The lowest BCUT2D eigenvalue weighted by atomic mass is 9.91. The topological polar surface area (TPSA) is 97.6 Å². The minimum atomic E-state index is -0.260. The molecule has 130 valence electrons. The van der Waals surface area contributed by atoms with Gasteiger partial charge in [0.1, 0.15) is 0 Å². The molecular weight excluding hydrogens is 318 g/mol. The third kappa shape index (κ3) is 2.86. The van der Waals surface area contributed by atoms with Crippen molar-refractivity contribution in [3.05, 3.63) is 51.7 Å². The van der Waals surface area contributed by atoms with Crippen LogP contribution in [0.4, 0.5) is 0 Å². The summed E-state index contributed by atoms with van der Waals surface area (Å²) in [7, 11) is 0. The van der Waals surface area contributed by atoms with Crippen LogP contribution < -0.4 is 5.69 Å². The molecule has 1 aliphatic heterocycles. The van der Waals surface area contributed by atoms with Crippen molar-refractivity contribution in [1.29, 1.82) is 0 Å². The van der Waals surface area contributed by atoms with Gasteiger partial charge in [-0.1, -0.05) is 6.92 Å². The summed E-state index contributed by atoms with van der Waals surface area (Å²) in [5.41, 5.74) is 4.10. The predicted molar refractivity (Wildman–Crippen MR) is 94.8 cm³/mol. The summed E-state index contributed by atoms with van der Waals surface area (Å²) in [6.07, 6.45) is 4.85. The van der Waals surface area contributed by atoms with E-state index in [1.165, 1.54) is 5.56 Å². The number of amides is 1. The molecule has 7 heteroatoms. The molecule has 0 bridgehead atoms. The van der Waals surface area contributed by atoms with E-state index >= 15 is 0 Å². The number of piperidine rings is 1. The fourth-order valence-corrected chi connectivity index (χ4v) is 3.70. The SMILES string of the molecule is CCc1cn[nH]c1C1CCCN(C(=O)c2ccc3[nH]c(=O)[nH]c3c2)C1. The number of benzene rings is 1. The zero-order valence-corrected chi connectivity index (χ0v) is 14.1. The molecule has 1 unspecified atom stereocenters. The Hall–Kier alpha value is -2.83. The van der Waals surface area contributed by atoms with Gasteiger partial charge in [-0.15, -0.1) is 0 Å². The molecule has 1 amide bonds. The van der Waals surface area contributed by atoms with Crippen molar-refractivity contribution in [2.24, 2.45) is 0 Å². The van der Waals surface area contributed by atoms with Crippen LogP contribution in [0.3, 0.4) is 0 Å². The maximum Gasteiger partial charge on any atom is 0.323 e. The first-order chi connectivity index (χ1) is 12.2. The second kappa shape index (κ2) is 6.23. The molecule has 1 fully saturated rings. The predicted octanol–water partition coefficient (Wildman–Crippen LogP) is 2.16. The average molecular weight is 339 g/mol. The monoisotopic (exact) mass is 339 g/mol. The molecule has 1 aromatic carbocycles. The zero-order chi connectivity index (χ0) is 17.4. The van der Waals surface area contributed by atoms with E-state index in [1.54, 1.807) is 18.2 Å². The standard InChI is InChI=1S/C18H21N5O2/c1-2-11-9-19-22-16(11)13-4-3-7-23(10-13)17(24)12-5-6-14-15(8-12)21-18(25)20-14/h5-6,8-9,13H,2-4,7,10H2,1H3,(H,19,22)(H2,20,21,25). The van der Waals surface area contributed by atoms with E-state index in [0.717, 1.165) is 31.5 Å². The smallest absolute Gasteiger partial charge is 0.323 e. The first kappa shape index (κ1) is 15.7. The number of rotatable bonds is 3. The summed E-state index contributed by atoms with van der Waals surface area (Å²) in [5.74, 6) is 0.303. The van der Waals surface area contributed by atoms with E-state index in [1.807, 2.05) is 11.1 Å². The number of aryl methyl sites for hydroxylation is 1. The highest BCUT2D eigenvalue weighted by Gasteiger charge is 2.27. The number of aromatic amines is 3.